The van der Waals surface area contributed by atoms with Gasteiger partial charge in [0, 0.05) is 10.4 Å². The molecule has 0 spiro atoms. The molecule has 2 aromatic rings. The van der Waals surface area contributed by atoms with Crippen molar-refractivity contribution in [1.82, 2.24) is 0 Å². The Kier molecular flexibility index (Phi) is 3.74. The predicted molar refractivity (Wildman–Crippen MR) is 78.1 cm³/mol. The molecule has 0 bridgehead atoms. The van der Waals surface area contributed by atoms with E-state index < -0.39 is 0 Å². The van der Waals surface area contributed by atoms with E-state index in [9.17, 15) is 4.79 Å². The molecule has 2 nitrogen and oxygen atoms in total. The second-order valence-electron chi connectivity index (χ2n) is 4.35. The molecular weight excluding hydrogens is 250 g/mol. The highest BCUT2D eigenvalue weighted by Crippen LogP contribution is 2.24. The van der Waals surface area contributed by atoms with E-state index in [0.717, 1.165) is 11.1 Å². The number of carbonyl (C=O) groups is 1. The summed E-state index contributed by atoms with van der Waals surface area (Å²) in [5, 5.41) is 5.83. The van der Waals surface area contributed by atoms with Crippen LogP contribution in [0.4, 0.5) is 5.69 Å². The summed E-state index contributed by atoms with van der Waals surface area (Å²) in [6, 6.07) is 8.00. The maximum Gasteiger partial charge on any atom is 0.237 e. The van der Waals surface area contributed by atoms with Crippen molar-refractivity contribution < 1.29 is 4.79 Å². The third-order valence-electron chi connectivity index (χ3n) is 2.62. The summed E-state index contributed by atoms with van der Waals surface area (Å²) in [6.07, 6.45) is 0. The summed E-state index contributed by atoms with van der Waals surface area (Å²) in [5.74, 6) is 0.182. The van der Waals surface area contributed by atoms with Crippen LogP contribution < -0.4 is 5.32 Å². The van der Waals surface area contributed by atoms with E-state index in [1.54, 1.807) is 11.3 Å². The zero-order chi connectivity index (χ0) is 12.4. The zero-order valence-corrected chi connectivity index (χ0v) is 11.5. The minimum absolute atomic E-state index is 0.0436. The number of anilines is 1. The molecule has 2 rings (SSSR count). The van der Waals surface area contributed by atoms with E-state index in [4.69, 9.17) is 0 Å². The van der Waals surface area contributed by atoms with Crippen LogP contribution in [0, 0.1) is 5.92 Å². The molecule has 0 saturated heterocycles. The number of hydrogen-bond donors (Lipinski definition) is 2. The number of thiophene rings is 1. The summed E-state index contributed by atoms with van der Waals surface area (Å²) < 4.78 is 1.23. The van der Waals surface area contributed by atoms with Gasteiger partial charge < -0.3 is 5.32 Å². The van der Waals surface area contributed by atoms with Gasteiger partial charge in [-0.2, -0.15) is 12.6 Å². The summed E-state index contributed by atoms with van der Waals surface area (Å²) in [4.78, 5) is 11.8. The highest BCUT2D eigenvalue weighted by molar-refractivity contribution is 7.81. The third kappa shape index (κ3) is 2.82. The molecule has 0 aliphatic carbocycles. The van der Waals surface area contributed by atoms with Crippen LogP contribution in [0.2, 0.25) is 0 Å². The van der Waals surface area contributed by atoms with Crippen LogP contribution in [-0.2, 0) is 4.79 Å². The molecule has 4 heteroatoms. The molecule has 0 aliphatic rings. The SMILES string of the molecule is CC(C)C(S)C(=O)Nc1ccc2sccc2c1. The van der Waals surface area contributed by atoms with Crippen molar-refractivity contribution in [2.75, 3.05) is 5.32 Å². The first-order valence-electron chi connectivity index (χ1n) is 5.54. The number of benzene rings is 1. The molecule has 90 valence electrons. The molecule has 17 heavy (non-hydrogen) atoms. The van der Waals surface area contributed by atoms with Crippen molar-refractivity contribution in [2.45, 2.75) is 19.1 Å². The minimum atomic E-state index is -0.270. The van der Waals surface area contributed by atoms with Gasteiger partial charge in [-0.05, 0) is 40.9 Å². The molecule has 0 saturated carbocycles. The van der Waals surface area contributed by atoms with Gasteiger partial charge in [-0.3, -0.25) is 4.79 Å². The maximum absolute atomic E-state index is 11.8. The Morgan fingerprint density at radius 3 is 2.82 bits per heavy atom. The van der Waals surface area contributed by atoms with Crippen LogP contribution in [0.25, 0.3) is 10.1 Å². The molecule has 1 amide bonds. The lowest BCUT2D eigenvalue weighted by Gasteiger charge is -2.14. The number of hydrogen-bond acceptors (Lipinski definition) is 3. The second-order valence-corrected chi connectivity index (χ2v) is 5.86. The van der Waals surface area contributed by atoms with Gasteiger partial charge in [0.1, 0.15) is 0 Å². The van der Waals surface area contributed by atoms with Gasteiger partial charge in [-0.25, -0.2) is 0 Å². The molecule has 1 atom stereocenters. The average Bonchev–Trinajstić information content (AvgIpc) is 2.74. The second kappa shape index (κ2) is 5.10. The summed E-state index contributed by atoms with van der Waals surface area (Å²) >= 11 is 6.00. The van der Waals surface area contributed by atoms with E-state index in [2.05, 4.69) is 24.0 Å². The smallest absolute Gasteiger partial charge is 0.237 e. The molecule has 1 aromatic carbocycles. The Labute approximate surface area is 110 Å². The van der Waals surface area contributed by atoms with Crippen molar-refractivity contribution >= 4 is 45.6 Å². The molecule has 0 fully saturated rings. The summed E-state index contributed by atoms with van der Waals surface area (Å²) in [6.45, 7) is 3.97. The zero-order valence-electron chi connectivity index (χ0n) is 9.81. The number of thiol groups is 1. The number of amides is 1. The molecule has 0 radical (unpaired) electrons. The highest BCUT2D eigenvalue weighted by atomic mass is 32.1. The van der Waals surface area contributed by atoms with Crippen molar-refractivity contribution in [3.05, 3.63) is 29.6 Å². The molecule has 0 aliphatic heterocycles. The van der Waals surface area contributed by atoms with E-state index >= 15 is 0 Å². The van der Waals surface area contributed by atoms with Crippen molar-refractivity contribution in [3.8, 4) is 0 Å². The number of fused-ring (bicyclic) bond motifs is 1. The van der Waals surface area contributed by atoms with E-state index in [-0.39, 0.29) is 17.1 Å². The largest absolute Gasteiger partial charge is 0.325 e. The van der Waals surface area contributed by atoms with Crippen LogP contribution in [-0.4, -0.2) is 11.2 Å². The first-order chi connectivity index (χ1) is 8.08. The van der Waals surface area contributed by atoms with Gasteiger partial charge in [0.2, 0.25) is 5.91 Å². The normalized spacial score (nSPS) is 12.9. The number of rotatable bonds is 3. The van der Waals surface area contributed by atoms with Crippen LogP contribution >= 0.6 is 24.0 Å². The lowest BCUT2D eigenvalue weighted by Crippen LogP contribution is -2.27. The lowest BCUT2D eigenvalue weighted by atomic mass is 10.1. The average molecular weight is 265 g/mol. The van der Waals surface area contributed by atoms with Crippen LogP contribution in [0.15, 0.2) is 29.6 Å². The van der Waals surface area contributed by atoms with Crippen molar-refractivity contribution in [2.24, 2.45) is 5.92 Å². The fourth-order valence-electron chi connectivity index (χ4n) is 1.56. The Balaban J connectivity index is 2.15. The summed E-state index contributed by atoms with van der Waals surface area (Å²) in [7, 11) is 0. The monoisotopic (exact) mass is 265 g/mol. The quantitative estimate of drug-likeness (QED) is 0.812. The third-order valence-corrected chi connectivity index (χ3v) is 4.35. The van der Waals surface area contributed by atoms with E-state index in [0.29, 0.717) is 0 Å². The maximum atomic E-state index is 11.8. The van der Waals surface area contributed by atoms with Crippen molar-refractivity contribution in [3.63, 3.8) is 0 Å². The lowest BCUT2D eigenvalue weighted by molar-refractivity contribution is -0.116. The van der Waals surface area contributed by atoms with E-state index in [1.165, 1.54) is 4.70 Å². The predicted octanol–water partition coefficient (Wildman–Crippen LogP) is 3.79. The standard InChI is InChI=1S/C13H15NOS2/c1-8(2)12(16)13(15)14-10-3-4-11-9(7-10)5-6-17-11/h3-8,12,16H,1-2H3,(H,14,15). The van der Waals surface area contributed by atoms with Crippen LogP contribution in [0.3, 0.4) is 0 Å². The fraction of sp³-hybridized carbons (Fsp3) is 0.308. The Hall–Kier alpha value is -1.00. The fourth-order valence-corrected chi connectivity index (χ4v) is 2.40. The Morgan fingerprint density at radius 1 is 1.35 bits per heavy atom. The molecule has 1 N–H and O–H groups in total. The van der Waals surface area contributed by atoms with Crippen LogP contribution in [0.5, 0.6) is 0 Å². The van der Waals surface area contributed by atoms with Gasteiger partial charge in [-0.1, -0.05) is 13.8 Å². The topological polar surface area (TPSA) is 29.1 Å². The van der Waals surface area contributed by atoms with Gasteiger partial charge >= 0.3 is 0 Å². The minimum Gasteiger partial charge on any atom is -0.325 e. The molecule has 1 heterocycles. The number of carbonyl (C=O) groups excluding carboxylic acids is 1. The van der Waals surface area contributed by atoms with Gasteiger partial charge in [-0.15, -0.1) is 11.3 Å². The molecule has 1 unspecified atom stereocenters. The van der Waals surface area contributed by atoms with E-state index in [1.807, 2.05) is 37.4 Å². The first-order valence-corrected chi connectivity index (χ1v) is 6.93. The molecular formula is C13H15NOS2. The number of nitrogens with one attached hydrogen (secondary N) is 1. The van der Waals surface area contributed by atoms with Gasteiger partial charge in [0.25, 0.3) is 0 Å². The van der Waals surface area contributed by atoms with Crippen LogP contribution in [0.1, 0.15) is 13.8 Å². The van der Waals surface area contributed by atoms with Crippen molar-refractivity contribution in [1.29, 1.82) is 0 Å². The first kappa shape index (κ1) is 12.5. The Bertz CT molecular complexity index is 533. The van der Waals surface area contributed by atoms with Gasteiger partial charge in [0.15, 0.2) is 0 Å². The highest BCUT2D eigenvalue weighted by Gasteiger charge is 2.17. The summed E-state index contributed by atoms with van der Waals surface area (Å²) in [5.41, 5.74) is 0.834. The van der Waals surface area contributed by atoms with Gasteiger partial charge in [0.05, 0.1) is 5.25 Å². The molecule has 1 aromatic heterocycles. The Morgan fingerprint density at radius 2 is 2.12 bits per heavy atom.